The highest BCUT2D eigenvalue weighted by atomic mass is 16.3. The first-order chi connectivity index (χ1) is 7.60. The predicted molar refractivity (Wildman–Crippen MR) is 65.8 cm³/mol. The largest absolute Gasteiger partial charge is 0.508 e. The van der Waals surface area contributed by atoms with E-state index in [1.54, 1.807) is 12.1 Å². The number of hydrogen-bond donors (Lipinski definition) is 1. The molecular weight excluding hydrogens is 200 g/mol. The van der Waals surface area contributed by atoms with Crippen molar-refractivity contribution in [1.82, 2.24) is 0 Å². The van der Waals surface area contributed by atoms with Gasteiger partial charge in [0.1, 0.15) is 11.5 Å². The molecule has 2 heteroatoms. The normalized spacial score (nSPS) is 12.4. The number of ketones is 1. The van der Waals surface area contributed by atoms with E-state index in [0.29, 0.717) is 6.42 Å². The van der Waals surface area contributed by atoms with Crippen molar-refractivity contribution >= 4 is 5.78 Å². The minimum absolute atomic E-state index is 0.0628. The van der Waals surface area contributed by atoms with Crippen molar-refractivity contribution in [3.8, 4) is 5.75 Å². The van der Waals surface area contributed by atoms with Gasteiger partial charge in [-0.1, -0.05) is 33.3 Å². The Labute approximate surface area is 97.3 Å². The summed E-state index contributed by atoms with van der Waals surface area (Å²) in [6.45, 7) is 5.93. The van der Waals surface area contributed by atoms with Crippen LogP contribution in [-0.2, 0) is 11.2 Å². The van der Waals surface area contributed by atoms with E-state index in [4.69, 9.17) is 0 Å². The van der Waals surface area contributed by atoms with Gasteiger partial charge >= 0.3 is 0 Å². The van der Waals surface area contributed by atoms with Crippen LogP contribution in [-0.4, -0.2) is 10.9 Å². The molecule has 1 N–H and O–H groups in total. The molecule has 0 spiro atoms. The lowest BCUT2D eigenvalue weighted by Gasteiger charge is -2.15. The molecule has 0 amide bonds. The maximum atomic E-state index is 11.7. The molecule has 0 aliphatic carbocycles. The number of carbonyl (C=O) groups is 1. The van der Waals surface area contributed by atoms with Gasteiger partial charge in [-0.15, -0.1) is 0 Å². The van der Waals surface area contributed by atoms with Gasteiger partial charge in [0.05, 0.1) is 0 Å². The molecule has 16 heavy (non-hydrogen) atoms. The Morgan fingerprint density at radius 2 is 2.06 bits per heavy atom. The van der Waals surface area contributed by atoms with E-state index >= 15 is 0 Å². The van der Waals surface area contributed by atoms with Crippen LogP contribution >= 0.6 is 0 Å². The van der Waals surface area contributed by atoms with Gasteiger partial charge < -0.3 is 5.11 Å². The first-order valence-corrected chi connectivity index (χ1v) is 5.94. The van der Waals surface area contributed by atoms with Crippen LogP contribution in [0.25, 0.3) is 0 Å². The molecule has 0 heterocycles. The molecule has 0 aromatic heterocycles. The third-order valence-corrected chi connectivity index (χ3v) is 2.94. The Hall–Kier alpha value is -1.31. The molecule has 88 valence electrons. The van der Waals surface area contributed by atoms with Gasteiger partial charge in [0.25, 0.3) is 0 Å². The number of phenols is 1. The zero-order chi connectivity index (χ0) is 12.1. The number of phenolic OH excluding ortho intramolecular Hbond substituents is 1. The summed E-state index contributed by atoms with van der Waals surface area (Å²) in [5.74, 6) is 0.471. The number of rotatable bonds is 5. The van der Waals surface area contributed by atoms with Crippen molar-refractivity contribution in [2.24, 2.45) is 0 Å². The van der Waals surface area contributed by atoms with Gasteiger partial charge in [0.2, 0.25) is 0 Å². The average molecular weight is 220 g/mol. The fourth-order valence-corrected chi connectivity index (χ4v) is 1.98. The summed E-state index contributed by atoms with van der Waals surface area (Å²) >= 11 is 0. The van der Waals surface area contributed by atoms with Gasteiger partial charge in [0.15, 0.2) is 0 Å². The first-order valence-electron chi connectivity index (χ1n) is 5.94. The minimum atomic E-state index is -0.0628. The lowest BCUT2D eigenvalue weighted by Crippen LogP contribution is -2.10. The van der Waals surface area contributed by atoms with Crippen LogP contribution < -0.4 is 0 Å². The van der Waals surface area contributed by atoms with Gasteiger partial charge in [-0.25, -0.2) is 0 Å². The maximum absolute atomic E-state index is 11.7. The molecule has 0 aliphatic rings. The molecule has 1 rings (SSSR count). The Morgan fingerprint density at radius 3 is 2.62 bits per heavy atom. The van der Waals surface area contributed by atoms with Crippen molar-refractivity contribution in [2.75, 3.05) is 0 Å². The van der Waals surface area contributed by atoms with E-state index in [2.05, 4.69) is 6.92 Å². The van der Waals surface area contributed by atoms with Crippen molar-refractivity contribution in [3.05, 3.63) is 29.3 Å². The van der Waals surface area contributed by atoms with Gasteiger partial charge in [0, 0.05) is 12.3 Å². The second-order valence-electron chi connectivity index (χ2n) is 4.17. The molecular formula is C14H20O2. The summed E-state index contributed by atoms with van der Waals surface area (Å²) in [4.78, 5) is 11.7. The summed E-state index contributed by atoms with van der Waals surface area (Å²) in [5, 5.41) is 9.46. The summed E-state index contributed by atoms with van der Waals surface area (Å²) < 4.78 is 0. The van der Waals surface area contributed by atoms with Crippen molar-refractivity contribution < 1.29 is 9.90 Å². The van der Waals surface area contributed by atoms with E-state index in [9.17, 15) is 9.90 Å². The minimum Gasteiger partial charge on any atom is -0.508 e. The van der Waals surface area contributed by atoms with E-state index in [1.807, 2.05) is 19.9 Å². The molecule has 0 fully saturated rings. The molecule has 1 atom stereocenters. The quantitative estimate of drug-likeness (QED) is 0.825. The summed E-state index contributed by atoms with van der Waals surface area (Å²) in [6.07, 6.45) is 2.49. The van der Waals surface area contributed by atoms with Gasteiger partial charge in [-0.3, -0.25) is 4.79 Å². The molecule has 0 radical (unpaired) electrons. The van der Waals surface area contributed by atoms with Gasteiger partial charge in [-0.05, 0) is 29.7 Å². The third-order valence-electron chi connectivity index (χ3n) is 2.94. The molecule has 0 bridgehead atoms. The van der Waals surface area contributed by atoms with Crippen LogP contribution in [0, 0.1) is 0 Å². The highest BCUT2D eigenvalue weighted by Crippen LogP contribution is 2.26. The molecule has 1 aromatic rings. The average Bonchev–Trinajstić information content (AvgIpc) is 2.28. The van der Waals surface area contributed by atoms with Crippen LogP contribution in [0.15, 0.2) is 18.2 Å². The van der Waals surface area contributed by atoms with E-state index in [0.717, 1.165) is 24.0 Å². The zero-order valence-electron chi connectivity index (χ0n) is 10.3. The molecule has 0 saturated carbocycles. The lowest BCUT2D eigenvalue weighted by molar-refractivity contribution is -0.119. The number of benzene rings is 1. The summed E-state index contributed by atoms with van der Waals surface area (Å²) in [5.41, 5.74) is 2.16. The number of aryl methyl sites for hydroxylation is 1. The number of hydrogen-bond acceptors (Lipinski definition) is 2. The van der Waals surface area contributed by atoms with E-state index < -0.39 is 0 Å². The fourth-order valence-electron chi connectivity index (χ4n) is 1.98. The zero-order valence-corrected chi connectivity index (χ0v) is 10.3. The Morgan fingerprint density at radius 1 is 1.38 bits per heavy atom. The number of aromatic hydroxyl groups is 1. The smallest absolute Gasteiger partial charge is 0.139 e. The number of Topliss-reactive ketones (excluding diaryl/α,β-unsaturated/α-hetero) is 1. The molecule has 0 saturated heterocycles. The lowest BCUT2D eigenvalue weighted by atomic mass is 9.89. The first kappa shape index (κ1) is 12.8. The maximum Gasteiger partial charge on any atom is 0.139 e. The molecule has 2 nitrogen and oxygen atoms in total. The van der Waals surface area contributed by atoms with Crippen molar-refractivity contribution in [2.45, 2.75) is 46.0 Å². The monoisotopic (exact) mass is 220 g/mol. The second-order valence-corrected chi connectivity index (χ2v) is 4.17. The van der Waals surface area contributed by atoms with Crippen molar-refractivity contribution in [3.63, 3.8) is 0 Å². The van der Waals surface area contributed by atoms with Crippen LogP contribution in [0.2, 0.25) is 0 Å². The third kappa shape index (κ3) is 2.84. The Bertz CT molecular complexity index is 369. The van der Waals surface area contributed by atoms with Gasteiger partial charge in [-0.2, -0.15) is 0 Å². The predicted octanol–water partition coefficient (Wildman–Crippen LogP) is 3.43. The van der Waals surface area contributed by atoms with Crippen LogP contribution in [0.3, 0.4) is 0 Å². The standard InChI is InChI=1S/C14H20O2/c1-4-6-11-9-12(15)7-8-13(11)10(3)14(16)5-2/h7-10,15H,4-6H2,1-3H3. The van der Waals surface area contributed by atoms with Crippen molar-refractivity contribution in [1.29, 1.82) is 0 Å². The fraction of sp³-hybridized carbons (Fsp3) is 0.500. The summed E-state index contributed by atoms with van der Waals surface area (Å²) in [6, 6.07) is 5.31. The molecule has 1 aromatic carbocycles. The Balaban J connectivity index is 3.06. The van der Waals surface area contributed by atoms with Crippen LogP contribution in [0.4, 0.5) is 0 Å². The van der Waals surface area contributed by atoms with Crippen LogP contribution in [0.5, 0.6) is 5.75 Å². The highest BCUT2D eigenvalue weighted by Gasteiger charge is 2.16. The second kappa shape index (κ2) is 5.69. The topological polar surface area (TPSA) is 37.3 Å². The van der Waals surface area contributed by atoms with E-state index in [1.165, 1.54) is 0 Å². The Kier molecular flexibility index (Phi) is 4.53. The molecule has 0 aliphatic heterocycles. The number of carbonyl (C=O) groups excluding carboxylic acids is 1. The molecule has 1 unspecified atom stereocenters. The summed E-state index contributed by atoms with van der Waals surface area (Å²) in [7, 11) is 0. The van der Waals surface area contributed by atoms with Crippen LogP contribution in [0.1, 0.15) is 50.7 Å². The SMILES string of the molecule is CCCc1cc(O)ccc1C(C)C(=O)CC. The van der Waals surface area contributed by atoms with E-state index in [-0.39, 0.29) is 17.5 Å². The highest BCUT2D eigenvalue weighted by molar-refractivity contribution is 5.85.